The van der Waals surface area contributed by atoms with Gasteiger partial charge >= 0.3 is 0 Å². The van der Waals surface area contributed by atoms with E-state index in [1.54, 1.807) is 0 Å². The first-order valence-corrected chi connectivity index (χ1v) is 5.09. The Bertz CT molecular complexity index is 274. The first-order chi connectivity index (χ1) is 7.26. The molecule has 0 aromatic heterocycles. The van der Waals surface area contributed by atoms with Gasteiger partial charge in [-0.3, -0.25) is 11.3 Å². The first kappa shape index (κ1) is 11.8. The molecule has 1 unspecified atom stereocenters. The van der Waals surface area contributed by atoms with Crippen molar-refractivity contribution in [1.29, 1.82) is 0 Å². The molecule has 0 aliphatic heterocycles. The third-order valence-corrected chi connectivity index (χ3v) is 1.88. The molecule has 0 aliphatic rings. The second-order valence-electron chi connectivity index (χ2n) is 3.24. The van der Waals surface area contributed by atoms with Crippen molar-refractivity contribution in [3.63, 3.8) is 0 Å². The average Bonchev–Trinajstić information content (AvgIpc) is 2.22. The molecule has 1 rings (SSSR count). The molecule has 84 valence electrons. The van der Waals surface area contributed by atoms with Crippen molar-refractivity contribution in [3.8, 4) is 11.5 Å². The fourth-order valence-electron chi connectivity index (χ4n) is 1.22. The van der Waals surface area contributed by atoms with E-state index in [2.05, 4.69) is 5.43 Å². The second kappa shape index (κ2) is 6.27. The highest BCUT2D eigenvalue weighted by atomic mass is 16.5. The van der Waals surface area contributed by atoms with Gasteiger partial charge in [-0.15, -0.1) is 0 Å². The van der Waals surface area contributed by atoms with Crippen molar-refractivity contribution >= 4 is 0 Å². The molecule has 0 radical (unpaired) electrons. The van der Waals surface area contributed by atoms with Gasteiger partial charge in [-0.25, -0.2) is 0 Å². The molecular weight excluding hydrogens is 192 g/mol. The van der Waals surface area contributed by atoms with Gasteiger partial charge in [0.15, 0.2) is 0 Å². The predicted octanol–water partition coefficient (Wildman–Crippen LogP) is 1.32. The van der Waals surface area contributed by atoms with E-state index >= 15 is 0 Å². The summed E-state index contributed by atoms with van der Waals surface area (Å²) in [7, 11) is 0. The lowest BCUT2D eigenvalue weighted by atomic mass is 10.3. The normalized spacial score (nSPS) is 12.2. The molecule has 0 saturated carbocycles. The summed E-state index contributed by atoms with van der Waals surface area (Å²) in [6.07, 6.45) is 0.0490. The maximum Gasteiger partial charge on any atom is 0.120 e. The summed E-state index contributed by atoms with van der Waals surface area (Å²) in [6.45, 7) is 5.20. The van der Waals surface area contributed by atoms with Crippen LogP contribution in [0.5, 0.6) is 11.5 Å². The minimum atomic E-state index is 0.0490. The van der Waals surface area contributed by atoms with Crippen LogP contribution in [0, 0.1) is 0 Å². The van der Waals surface area contributed by atoms with Crippen LogP contribution in [0.4, 0.5) is 0 Å². The number of ether oxygens (including phenoxy) is 2. The van der Waals surface area contributed by atoms with Crippen molar-refractivity contribution in [2.24, 2.45) is 5.84 Å². The lowest BCUT2D eigenvalue weighted by Crippen LogP contribution is -2.33. The third-order valence-electron chi connectivity index (χ3n) is 1.88. The number of hydrazine groups is 1. The van der Waals surface area contributed by atoms with Crippen LogP contribution in [0.3, 0.4) is 0 Å². The van der Waals surface area contributed by atoms with Crippen LogP contribution in [-0.2, 0) is 0 Å². The van der Waals surface area contributed by atoms with Crippen molar-refractivity contribution < 1.29 is 9.47 Å². The summed E-state index contributed by atoms with van der Waals surface area (Å²) >= 11 is 0. The molecule has 4 heteroatoms. The van der Waals surface area contributed by atoms with Crippen LogP contribution in [0.15, 0.2) is 24.3 Å². The first-order valence-electron chi connectivity index (χ1n) is 5.09. The summed E-state index contributed by atoms with van der Waals surface area (Å²) in [6, 6.07) is 7.55. The second-order valence-corrected chi connectivity index (χ2v) is 3.24. The summed E-state index contributed by atoms with van der Waals surface area (Å²) in [4.78, 5) is 0. The van der Waals surface area contributed by atoms with Crippen molar-refractivity contribution in [1.82, 2.24) is 5.43 Å². The SMILES string of the molecule is CCOc1ccc(OC(C)CNN)cc1. The van der Waals surface area contributed by atoms with Crippen LogP contribution < -0.4 is 20.7 Å². The van der Waals surface area contributed by atoms with Crippen molar-refractivity contribution in [2.75, 3.05) is 13.2 Å². The van der Waals surface area contributed by atoms with Crippen molar-refractivity contribution in [3.05, 3.63) is 24.3 Å². The van der Waals surface area contributed by atoms with E-state index in [0.717, 1.165) is 11.5 Å². The zero-order valence-corrected chi connectivity index (χ0v) is 9.19. The molecule has 3 N–H and O–H groups in total. The molecule has 0 amide bonds. The smallest absolute Gasteiger partial charge is 0.120 e. The van der Waals surface area contributed by atoms with Gasteiger partial charge in [0.1, 0.15) is 17.6 Å². The molecule has 1 aromatic rings. The molecule has 1 aromatic carbocycles. The van der Waals surface area contributed by atoms with Crippen LogP contribution in [0.25, 0.3) is 0 Å². The topological polar surface area (TPSA) is 56.5 Å². The van der Waals surface area contributed by atoms with Gasteiger partial charge in [0.2, 0.25) is 0 Å². The Kier molecular flexibility index (Phi) is 4.93. The van der Waals surface area contributed by atoms with Crippen LogP contribution in [0.1, 0.15) is 13.8 Å². The minimum absolute atomic E-state index is 0.0490. The highest BCUT2D eigenvalue weighted by Crippen LogP contribution is 2.18. The highest BCUT2D eigenvalue weighted by molar-refractivity contribution is 5.31. The number of hydrogen-bond donors (Lipinski definition) is 2. The Balaban J connectivity index is 2.48. The van der Waals surface area contributed by atoms with E-state index in [1.165, 1.54) is 0 Å². The molecule has 0 spiro atoms. The van der Waals surface area contributed by atoms with Gasteiger partial charge in [-0.1, -0.05) is 0 Å². The molecule has 0 bridgehead atoms. The van der Waals surface area contributed by atoms with Gasteiger partial charge in [-0.05, 0) is 38.1 Å². The zero-order chi connectivity index (χ0) is 11.1. The number of benzene rings is 1. The Hall–Kier alpha value is -1.26. The molecule has 4 nitrogen and oxygen atoms in total. The lowest BCUT2D eigenvalue weighted by molar-refractivity contribution is 0.217. The van der Waals surface area contributed by atoms with Crippen LogP contribution in [-0.4, -0.2) is 19.3 Å². The fourth-order valence-corrected chi connectivity index (χ4v) is 1.22. The van der Waals surface area contributed by atoms with Crippen LogP contribution >= 0.6 is 0 Å². The van der Waals surface area contributed by atoms with Crippen molar-refractivity contribution in [2.45, 2.75) is 20.0 Å². The van der Waals surface area contributed by atoms with E-state index in [1.807, 2.05) is 38.1 Å². The van der Waals surface area contributed by atoms with Gasteiger partial charge in [0.25, 0.3) is 0 Å². The highest BCUT2D eigenvalue weighted by Gasteiger charge is 2.02. The van der Waals surface area contributed by atoms with Gasteiger partial charge < -0.3 is 9.47 Å². The number of nitrogens with one attached hydrogen (secondary N) is 1. The third kappa shape index (κ3) is 4.18. The molecule has 0 heterocycles. The summed E-state index contributed by atoms with van der Waals surface area (Å²) in [5, 5.41) is 0. The number of nitrogens with two attached hydrogens (primary N) is 1. The molecule has 0 fully saturated rings. The van der Waals surface area contributed by atoms with E-state index in [4.69, 9.17) is 15.3 Å². The van der Waals surface area contributed by atoms with Gasteiger partial charge in [-0.2, -0.15) is 0 Å². The number of rotatable bonds is 6. The summed E-state index contributed by atoms with van der Waals surface area (Å²) in [5.74, 6) is 6.87. The largest absolute Gasteiger partial charge is 0.494 e. The number of hydrogen-bond acceptors (Lipinski definition) is 4. The fraction of sp³-hybridized carbons (Fsp3) is 0.455. The molecule has 15 heavy (non-hydrogen) atoms. The standard InChI is InChI=1S/C11H18N2O2/c1-3-14-10-4-6-11(7-5-10)15-9(2)8-13-12/h4-7,9,13H,3,8,12H2,1-2H3. The summed E-state index contributed by atoms with van der Waals surface area (Å²) in [5.41, 5.74) is 2.57. The maximum absolute atomic E-state index is 5.59. The Labute approximate surface area is 90.3 Å². The monoisotopic (exact) mass is 210 g/mol. The summed E-state index contributed by atoms with van der Waals surface area (Å²) < 4.78 is 10.9. The van der Waals surface area contributed by atoms with Gasteiger partial charge in [0, 0.05) is 6.54 Å². The lowest BCUT2D eigenvalue weighted by Gasteiger charge is -2.14. The Morgan fingerprint density at radius 3 is 2.40 bits per heavy atom. The maximum atomic E-state index is 5.59. The van der Waals surface area contributed by atoms with E-state index in [-0.39, 0.29) is 6.10 Å². The quantitative estimate of drug-likeness (QED) is 0.549. The predicted molar refractivity (Wildman–Crippen MR) is 59.9 cm³/mol. The molecular formula is C11H18N2O2. The van der Waals surface area contributed by atoms with E-state index in [0.29, 0.717) is 13.2 Å². The molecule has 0 saturated heterocycles. The molecule has 0 aliphatic carbocycles. The Morgan fingerprint density at radius 2 is 1.87 bits per heavy atom. The average molecular weight is 210 g/mol. The van der Waals surface area contributed by atoms with E-state index in [9.17, 15) is 0 Å². The molecule has 1 atom stereocenters. The van der Waals surface area contributed by atoms with Gasteiger partial charge in [0.05, 0.1) is 6.61 Å². The zero-order valence-electron chi connectivity index (χ0n) is 9.19. The minimum Gasteiger partial charge on any atom is -0.494 e. The Morgan fingerprint density at radius 1 is 1.27 bits per heavy atom. The van der Waals surface area contributed by atoms with E-state index < -0.39 is 0 Å². The van der Waals surface area contributed by atoms with Crippen LogP contribution in [0.2, 0.25) is 0 Å².